The van der Waals surface area contributed by atoms with E-state index in [1.165, 1.54) is 0 Å². The lowest BCUT2D eigenvalue weighted by molar-refractivity contribution is -0.227. The predicted molar refractivity (Wildman–Crippen MR) is 43.3 cm³/mol. The van der Waals surface area contributed by atoms with E-state index in [1.54, 1.807) is 0 Å². The van der Waals surface area contributed by atoms with Gasteiger partial charge in [-0.05, 0) is 6.42 Å². The number of hydrogen-bond acceptors (Lipinski definition) is 2. The zero-order chi connectivity index (χ0) is 13.4. The van der Waals surface area contributed by atoms with E-state index in [9.17, 15) is 31.5 Å². The maximum atomic E-state index is 12.6. The summed E-state index contributed by atoms with van der Waals surface area (Å²) in [6.45, 7) is -1.91. The maximum Gasteiger partial charge on any atom is 0.406 e. The Balaban J connectivity index is 2.95. The number of amides is 1. The smallest absolute Gasteiger partial charge is 0.406 e. The van der Waals surface area contributed by atoms with Crippen LogP contribution < -0.4 is 0 Å². The summed E-state index contributed by atoms with van der Waals surface area (Å²) < 4.78 is 61.8. The molecule has 98 valence electrons. The highest BCUT2D eigenvalue weighted by molar-refractivity contribution is 5.83. The molecule has 1 rings (SSSR count). The molecule has 1 atom stereocenters. The first-order valence-electron chi connectivity index (χ1n) is 4.49. The van der Waals surface area contributed by atoms with Crippen molar-refractivity contribution in [1.82, 2.24) is 4.90 Å². The van der Waals surface area contributed by atoms with Gasteiger partial charge >= 0.3 is 18.6 Å². The van der Waals surface area contributed by atoms with Gasteiger partial charge in [0.2, 0.25) is 0 Å². The van der Waals surface area contributed by atoms with Crippen molar-refractivity contribution in [3.8, 4) is 0 Å². The van der Waals surface area contributed by atoms with Gasteiger partial charge in [-0.3, -0.25) is 9.59 Å². The minimum Gasteiger partial charge on any atom is -0.481 e. The standard InChI is InChI=1S/C8H8F5NO3/c9-4(10)5(15)14-2-1-7(3-14,6(16)17)8(11,12)13/h4H,1-3H2,(H,16,17). The van der Waals surface area contributed by atoms with Crippen LogP contribution in [0.5, 0.6) is 0 Å². The number of rotatable bonds is 2. The van der Waals surface area contributed by atoms with E-state index in [-0.39, 0.29) is 4.90 Å². The third-order valence-corrected chi connectivity index (χ3v) is 2.72. The molecule has 0 aromatic carbocycles. The molecule has 1 aliphatic heterocycles. The van der Waals surface area contributed by atoms with Crippen molar-refractivity contribution >= 4 is 11.9 Å². The summed E-state index contributed by atoms with van der Waals surface area (Å²) in [4.78, 5) is 21.7. The molecule has 0 spiro atoms. The second-order valence-electron chi connectivity index (χ2n) is 3.70. The largest absolute Gasteiger partial charge is 0.481 e. The number of hydrogen-bond donors (Lipinski definition) is 1. The number of alkyl halides is 5. The fraction of sp³-hybridized carbons (Fsp3) is 0.750. The maximum absolute atomic E-state index is 12.6. The first-order valence-corrected chi connectivity index (χ1v) is 4.49. The highest BCUT2D eigenvalue weighted by atomic mass is 19.4. The Morgan fingerprint density at radius 2 is 1.82 bits per heavy atom. The molecule has 0 aromatic rings. The number of carbonyl (C=O) groups is 2. The van der Waals surface area contributed by atoms with Crippen LogP contribution in [0.3, 0.4) is 0 Å². The molecule has 1 heterocycles. The molecule has 1 amide bonds. The van der Waals surface area contributed by atoms with Gasteiger partial charge in [0.05, 0.1) is 0 Å². The van der Waals surface area contributed by atoms with Gasteiger partial charge in [-0.2, -0.15) is 22.0 Å². The van der Waals surface area contributed by atoms with Gasteiger partial charge in [0.1, 0.15) is 0 Å². The normalized spacial score (nSPS) is 25.4. The summed E-state index contributed by atoms with van der Waals surface area (Å²) in [5.41, 5.74) is -3.14. The van der Waals surface area contributed by atoms with Crippen LogP contribution in [0.15, 0.2) is 0 Å². The van der Waals surface area contributed by atoms with Crippen molar-refractivity contribution in [3.05, 3.63) is 0 Å². The van der Waals surface area contributed by atoms with Crippen LogP contribution in [-0.4, -0.2) is 47.6 Å². The van der Waals surface area contributed by atoms with E-state index in [0.717, 1.165) is 0 Å². The molecule has 0 aliphatic carbocycles. The second kappa shape index (κ2) is 4.11. The van der Waals surface area contributed by atoms with Crippen LogP contribution in [0.2, 0.25) is 0 Å². The third-order valence-electron chi connectivity index (χ3n) is 2.72. The average molecular weight is 261 g/mol. The van der Waals surface area contributed by atoms with Crippen LogP contribution in [0, 0.1) is 5.41 Å². The van der Waals surface area contributed by atoms with Crippen LogP contribution in [0.4, 0.5) is 22.0 Å². The van der Waals surface area contributed by atoms with Crippen LogP contribution >= 0.6 is 0 Å². The van der Waals surface area contributed by atoms with Gasteiger partial charge in [0.15, 0.2) is 5.41 Å². The van der Waals surface area contributed by atoms with Crippen molar-refractivity contribution in [2.75, 3.05) is 13.1 Å². The number of carboxylic acids is 1. The molecule has 0 bridgehead atoms. The summed E-state index contributed by atoms with van der Waals surface area (Å²) in [6, 6.07) is 0. The number of aliphatic carboxylic acids is 1. The van der Waals surface area contributed by atoms with E-state index < -0.39 is 49.4 Å². The number of carbonyl (C=O) groups excluding carboxylic acids is 1. The van der Waals surface area contributed by atoms with Crippen molar-refractivity contribution in [2.24, 2.45) is 5.41 Å². The van der Waals surface area contributed by atoms with Crippen molar-refractivity contribution < 1.29 is 36.6 Å². The molecule has 1 fully saturated rings. The van der Waals surface area contributed by atoms with Crippen LogP contribution in [0.1, 0.15) is 6.42 Å². The lowest BCUT2D eigenvalue weighted by Crippen LogP contribution is -2.48. The van der Waals surface area contributed by atoms with Gasteiger partial charge in [0, 0.05) is 13.1 Å². The summed E-state index contributed by atoms with van der Waals surface area (Å²) in [6.07, 6.45) is -9.44. The Kier molecular flexibility index (Phi) is 3.30. The molecule has 1 aliphatic rings. The van der Waals surface area contributed by atoms with E-state index in [4.69, 9.17) is 5.11 Å². The minimum absolute atomic E-state index is 0.228. The summed E-state index contributed by atoms with van der Waals surface area (Å²) >= 11 is 0. The van der Waals surface area contributed by atoms with E-state index in [1.807, 2.05) is 0 Å². The van der Waals surface area contributed by atoms with Crippen molar-refractivity contribution in [1.29, 1.82) is 0 Å². The van der Waals surface area contributed by atoms with Crippen molar-refractivity contribution in [2.45, 2.75) is 19.0 Å². The Morgan fingerprint density at radius 3 is 2.12 bits per heavy atom. The highest BCUT2D eigenvalue weighted by Gasteiger charge is 2.64. The van der Waals surface area contributed by atoms with E-state index in [2.05, 4.69) is 0 Å². The first kappa shape index (κ1) is 13.7. The summed E-state index contributed by atoms with van der Waals surface area (Å²) in [5, 5.41) is 8.59. The van der Waals surface area contributed by atoms with E-state index >= 15 is 0 Å². The molecule has 9 heteroatoms. The van der Waals surface area contributed by atoms with Crippen LogP contribution in [0.25, 0.3) is 0 Å². The Labute approximate surface area is 92.0 Å². The minimum atomic E-state index is -5.09. The third kappa shape index (κ3) is 2.18. The second-order valence-corrected chi connectivity index (χ2v) is 3.70. The number of likely N-dealkylation sites (tertiary alicyclic amines) is 1. The fourth-order valence-corrected chi connectivity index (χ4v) is 1.66. The topological polar surface area (TPSA) is 57.6 Å². The summed E-state index contributed by atoms with van der Waals surface area (Å²) in [7, 11) is 0. The monoisotopic (exact) mass is 261 g/mol. The lowest BCUT2D eigenvalue weighted by Gasteiger charge is -2.27. The number of halogens is 5. The molecular weight excluding hydrogens is 253 g/mol. The molecule has 0 radical (unpaired) electrons. The quantitative estimate of drug-likeness (QED) is 0.758. The SMILES string of the molecule is O=C(C(F)F)N1CCC(C(=O)O)(C(F)(F)F)C1. The van der Waals surface area contributed by atoms with Crippen LogP contribution in [-0.2, 0) is 9.59 Å². The Bertz CT molecular complexity index is 343. The molecule has 4 nitrogen and oxygen atoms in total. The van der Waals surface area contributed by atoms with Gasteiger partial charge < -0.3 is 10.0 Å². The number of carboxylic acid groups (broad SMARTS) is 1. The lowest BCUT2D eigenvalue weighted by atomic mass is 9.86. The fourth-order valence-electron chi connectivity index (χ4n) is 1.66. The van der Waals surface area contributed by atoms with Gasteiger partial charge in [0.25, 0.3) is 5.91 Å². The molecule has 1 saturated heterocycles. The zero-order valence-corrected chi connectivity index (χ0v) is 8.30. The predicted octanol–water partition coefficient (Wildman–Crippen LogP) is 1.12. The van der Waals surface area contributed by atoms with E-state index in [0.29, 0.717) is 0 Å². The zero-order valence-electron chi connectivity index (χ0n) is 8.30. The molecule has 17 heavy (non-hydrogen) atoms. The molecule has 1 N–H and O–H groups in total. The summed E-state index contributed by atoms with van der Waals surface area (Å²) in [5.74, 6) is -3.94. The number of nitrogens with zero attached hydrogens (tertiary/aromatic N) is 1. The molecule has 1 unspecified atom stereocenters. The Morgan fingerprint density at radius 1 is 1.29 bits per heavy atom. The van der Waals surface area contributed by atoms with Gasteiger partial charge in [-0.1, -0.05) is 0 Å². The highest BCUT2D eigenvalue weighted by Crippen LogP contribution is 2.45. The van der Waals surface area contributed by atoms with Crippen molar-refractivity contribution in [3.63, 3.8) is 0 Å². The molecule has 0 saturated carbocycles. The molecular formula is C8H8F5NO3. The van der Waals surface area contributed by atoms with Gasteiger partial charge in [-0.25, -0.2) is 0 Å². The first-order chi connectivity index (χ1) is 7.62. The Hall–Kier alpha value is -1.41. The van der Waals surface area contributed by atoms with Gasteiger partial charge in [-0.15, -0.1) is 0 Å². The molecule has 0 aromatic heterocycles. The average Bonchev–Trinajstić information content (AvgIpc) is 2.60.